The minimum absolute atomic E-state index is 0.0960. The van der Waals surface area contributed by atoms with Crippen LogP contribution in [0.4, 0.5) is 13.2 Å². The molecule has 34 heavy (non-hydrogen) atoms. The standard InChI is InChI=1S/C22H23F3N8O/c1-13-18(15(3)33-21(28-13)29-20(30-33)22(23,24)25)9-10-19(34)31(4)14(2)16-5-7-17(8-6-16)32-12-26-11-27-32/h5-8,11-12,14H,9-10H2,1-4H3. The molecule has 4 rings (SSSR count). The van der Waals surface area contributed by atoms with Gasteiger partial charge in [-0.25, -0.2) is 19.2 Å². The summed E-state index contributed by atoms with van der Waals surface area (Å²) < 4.78 is 41.7. The number of rotatable bonds is 6. The lowest BCUT2D eigenvalue weighted by Gasteiger charge is -2.26. The fraction of sp³-hybridized carbons (Fsp3) is 0.364. The van der Waals surface area contributed by atoms with Gasteiger partial charge in [-0.15, -0.1) is 5.10 Å². The number of aromatic nitrogens is 7. The van der Waals surface area contributed by atoms with Crippen LogP contribution < -0.4 is 0 Å². The fourth-order valence-electron chi connectivity index (χ4n) is 3.79. The Hall–Kier alpha value is -3.83. The number of hydrogen-bond acceptors (Lipinski definition) is 6. The average molecular weight is 472 g/mol. The Kier molecular flexibility index (Phi) is 6.07. The highest BCUT2D eigenvalue weighted by molar-refractivity contribution is 5.76. The van der Waals surface area contributed by atoms with Crippen LogP contribution in [0.15, 0.2) is 36.9 Å². The first-order valence-electron chi connectivity index (χ1n) is 10.6. The molecule has 0 aliphatic rings. The molecule has 9 nitrogen and oxygen atoms in total. The van der Waals surface area contributed by atoms with Gasteiger partial charge in [0.05, 0.1) is 11.7 Å². The Morgan fingerprint density at radius 1 is 1.15 bits per heavy atom. The number of amides is 1. The summed E-state index contributed by atoms with van der Waals surface area (Å²) in [5.41, 5.74) is 3.50. The predicted molar refractivity (Wildman–Crippen MR) is 116 cm³/mol. The van der Waals surface area contributed by atoms with E-state index in [1.807, 2.05) is 31.2 Å². The molecule has 1 atom stereocenters. The zero-order chi connectivity index (χ0) is 24.6. The molecule has 178 valence electrons. The van der Waals surface area contributed by atoms with Gasteiger partial charge in [0.25, 0.3) is 11.6 Å². The second-order valence-electron chi connectivity index (χ2n) is 8.02. The Bertz CT molecular complexity index is 1310. The summed E-state index contributed by atoms with van der Waals surface area (Å²) in [6.45, 7) is 5.28. The molecule has 0 radical (unpaired) electrons. The van der Waals surface area contributed by atoms with Gasteiger partial charge in [0.2, 0.25) is 5.91 Å². The summed E-state index contributed by atoms with van der Waals surface area (Å²) in [6.07, 6.45) is -1.10. The monoisotopic (exact) mass is 472 g/mol. The van der Waals surface area contributed by atoms with E-state index in [0.29, 0.717) is 23.4 Å². The van der Waals surface area contributed by atoms with E-state index >= 15 is 0 Å². The maximum absolute atomic E-state index is 13.0. The van der Waals surface area contributed by atoms with Crippen molar-refractivity contribution in [2.24, 2.45) is 0 Å². The Morgan fingerprint density at radius 3 is 2.47 bits per heavy atom. The molecule has 0 saturated carbocycles. The molecule has 0 fully saturated rings. The Morgan fingerprint density at radius 2 is 1.85 bits per heavy atom. The lowest BCUT2D eigenvalue weighted by molar-refractivity contribution is -0.144. The Balaban J connectivity index is 1.46. The van der Waals surface area contributed by atoms with Crippen molar-refractivity contribution in [3.8, 4) is 5.69 Å². The van der Waals surface area contributed by atoms with Gasteiger partial charge < -0.3 is 4.90 Å². The quantitative estimate of drug-likeness (QED) is 0.426. The molecule has 0 aliphatic heterocycles. The van der Waals surface area contributed by atoms with Gasteiger partial charge in [0.1, 0.15) is 12.7 Å². The van der Waals surface area contributed by atoms with E-state index in [4.69, 9.17) is 0 Å². The summed E-state index contributed by atoms with van der Waals surface area (Å²) >= 11 is 0. The topological polar surface area (TPSA) is 94.1 Å². The number of halogens is 3. The second-order valence-corrected chi connectivity index (χ2v) is 8.02. The third-order valence-corrected chi connectivity index (χ3v) is 5.92. The molecule has 1 aromatic carbocycles. The summed E-state index contributed by atoms with van der Waals surface area (Å²) in [4.78, 5) is 26.1. The van der Waals surface area contributed by atoms with Crippen LogP contribution in [-0.4, -0.2) is 52.2 Å². The van der Waals surface area contributed by atoms with E-state index < -0.39 is 12.0 Å². The number of aryl methyl sites for hydroxylation is 2. The molecular formula is C22H23F3N8O. The number of carbonyl (C=O) groups excluding carboxylic acids is 1. The van der Waals surface area contributed by atoms with E-state index in [-0.39, 0.29) is 24.1 Å². The molecular weight excluding hydrogens is 449 g/mol. The largest absolute Gasteiger partial charge is 0.453 e. The molecule has 0 aliphatic carbocycles. The number of alkyl halides is 3. The van der Waals surface area contributed by atoms with Crippen molar-refractivity contribution in [1.29, 1.82) is 0 Å². The van der Waals surface area contributed by atoms with Crippen molar-refractivity contribution < 1.29 is 18.0 Å². The van der Waals surface area contributed by atoms with Gasteiger partial charge >= 0.3 is 6.18 Å². The minimum atomic E-state index is -4.66. The molecule has 4 aromatic rings. The van der Waals surface area contributed by atoms with Gasteiger partial charge in [-0.1, -0.05) is 12.1 Å². The van der Waals surface area contributed by atoms with E-state index in [9.17, 15) is 18.0 Å². The van der Waals surface area contributed by atoms with Gasteiger partial charge in [0, 0.05) is 24.9 Å². The second kappa shape index (κ2) is 8.84. The van der Waals surface area contributed by atoms with Crippen LogP contribution in [0.1, 0.15) is 47.7 Å². The molecule has 0 saturated heterocycles. The third-order valence-electron chi connectivity index (χ3n) is 5.92. The van der Waals surface area contributed by atoms with Gasteiger partial charge in [-0.2, -0.15) is 23.3 Å². The first-order valence-corrected chi connectivity index (χ1v) is 10.6. The molecule has 1 unspecified atom stereocenters. The highest BCUT2D eigenvalue weighted by Gasteiger charge is 2.37. The van der Waals surface area contributed by atoms with Crippen LogP contribution in [0, 0.1) is 13.8 Å². The van der Waals surface area contributed by atoms with Crippen molar-refractivity contribution in [2.45, 2.75) is 45.8 Å². The first kappa shape index (κ1) is 23.3. The number of hydrogen-bond donors (Lipinski definition) is 0. The van der Waals surface area contributed by atoms with Crippen LogP contribution in [0.3, 0.4) is 0 Å². The SMILES string of the molecule is Cc1nc2nc(C(F)(F)F)nn2c(C)c1CCC(=O)N(C)C(C)c1ccc(-n2cncn2)cc1. The van der Waals surface area contributed by atoms with E-state index in [0.717, 1.165) is 15.8 Å². The Labute approximate surface area is 193 Å². The lowest BCUT2D eigenvalue weighted by Crippen LogP contribution is -2.30. The smallest absolute Gasteiger partial charge is 0.339 e. The summed E-state index contributed by atoms with van der Waals surface area (Å²) in [5, 5.41) is 7.65. The third kappa shape index (κ3) is 4.47. The van der Waals surface area contributed by atoms with Crippen molar-refractivity contribution in [3.63, 3.8) is 0 Å². The van der Waals surface area contributed by atoms with Crippen LogP contribution in [0.5, 0.6) is 0 Å². The number of benzene rings is 1. The van der Waals surface area contributed by atoms with E-state index in [1.165, 1.54) is 6.33 Å². The zero-order valence-corrected chi connectivity index (χ0v) is 19.1. The fourth-order valence-corrected chi connectivity index (χ4v) is 3.79. The predicted octanol–water partition coefficient (Wildman–Crippen LogP) is 3.49. The van der Waals surface area contributed by atoms with Gasteiger partial charge in [-0.3, -0.25) is 4.79 Å². The molecule has 0 N–H and O–H groups in total. The number of carbonyl (C=O) groups is 1. The van der Waals surface area contributed by atoms with E-state index in [1.54, 1.807) is 36.8 Å². The van der Waals surface area contributed by atoms with Crippen molar-refractivity contribution in [2.75, 3.05) is 7.05 Å². The highest BCUT2D eigenvalue weighted by atomic mass is 19.4. The first-order chi connectivity index (χ1) is 16.1. The molecule has 0 spiro atoms. The molecule has 1 amide bonds. The van der Waals surface area contributed by atoms with Crippen LogP contribution in [0.25, 0.3) is 11.5 Å². The maximum Gasteiger partial charge on any atom is 0.453 e. The maximum atomic E-state index is 13.0. The van der Waals surface area contributed by atoms with Crippen molar-refractivity contribution >= 4 is 11.7 Å². The summed E-state index contributed by atoms with van der Waals surface area (Å²) in [6, 6.07) is 7.49. The molecule has 0 bridgehead atoms. The van der Waals surface area contributed by atoms with Crippen molar-refractivity contribution in [1.82, 2.24) is 39.2 Å². The summed E-state index contributed by atoms with van der Waals surface area (Å²) in [5.74, 6) is -1.45. The zero-order valence-electron chi connectivity index (χ0n) is 19.1. The summed E-state index contributed by atoms with van der Waals surface area (Å²) in [7, 11) is 1.73. The molecule has 3 heterocycles. The van der Waals surface area contributed by atoms with Crippen LogP contribution >= 0.6 is 0 Å². The normalized spacial score (nSPS) is 12.8. The van der Waals surface area contributed by atoms with Crippen LogP contribution in [0.2, 0.25) is 0 Å². The van der Waals surface area contributed by atoms with E-state index in [2.05, 4.69) is 25.1 Å². The molecule has 12 heteroatoms. The van der Waals surface area contributed by atoms with Crippen LogP contribution in [-0.2, 0) is 17.4 Å². The van der Waals surface area contributed by atoms with Gasteiger partial charge in [0.15, 0.2) is 0 Å². The molecule has 3 aromatic heterocycles. The number of fused-ring (bicyclic) bond motifs is 1. The highest BCUT2D eigenvalue weighted by Crippen LogP contribution is 2.27. The van der Waals surface area contributed by atoms with Crippen molar-refractivity contribution in [3.05, 3.63) is 65.3 Å². The minimum Gasteiger partial charge on any atom is -0.339 e. The van der Waals surface area contributed by atoms with Gasteiger partial charge in [-0.05, 0) is 50.5 Å². The lowest BCUT2D eigenvalue weighted by atomic mass is 10.0. The average Bonchev–Trinajstić information content (AvgIpc) is 3.48. The number of nitrogens with zero attached hydrogens (tertiary/aromatic N) is 8.